The molecular weight excluding hydrogens is 154 g/mol. The summed E-state index contributed by atoms with van der Waals surface area (Å²) in [4.78, 5) is 9.90. The third-order valence-electron chi connectivity index (χ3n) is 1.30. The van der Waals surface area contributed by atoms with Gasteiger partial charge in [0.2, 0.25) is 0 Å². The van der Waals surface area contributed by atoms with Crippen molar-refractivity contribution in [3.8, 4) is 0 Å². The Morgan fingerprint density at radius 3 is 1.83 bits per heavy atom. The van der Waals surface area contributed by atoms with Gasteiger partial charge in [-0.25, -0.2) is 0 Å². The molecule has 0 bridgehead atoms. The quantitative estimate of drug-likeness (QED) is 0.624. The number of aliphatic hydroxyl groups is 1. The molecule has 0 unspecified atom stereocenters. The van der Waals surface area contributed by atoms with Crippen molar-refractivity contribution in [2.24, 2.45) is 5.41 Å². The lowest BCUT2D eigenvalue weighted by atomic mass is 9.98. The van der Waals surface area contributed by atoms with Crippen LogP contribution in [0.4, 0.5) is 0 Å². The minimum atomic E-state index is -0.542. The summed E-state index contributed by atoms with van der Waals surface area (Å²) < 4.78 is 0. The molecule has 0 aliphatic carbocycles. The minimum absolute atomic E-state index is 0.0729. The maximum absolute atomic E-state index is 9.90. The zero-order chi connectivity index (χ0) is 10.2. The number of carbonyl (C=O) groups excluding carboxylic acids is 1. The van der Waals surface area contributed by atoms with Gasteiger partial charge >= 0.3 is 0 Å². The van der Waals surface area contributed by atoms with E-state index >= 15 is 0 Å². The predicted octanol–water partition coefficient (Wildman–Crippen LogP) is 0.818. The highest BCUT2D eigenvalue weighted by molar-refractivity contribution is 5.57. The second-order valence-corrected chi connectivity index (χ2v) is 3.71. The van der Waals surface area contributed by atoms with Gasteiger partial charge in [-0.1, -0.05) is 27.7 Å². The fourth-order valence-electron chi connectivity index (χ4n) is 0.0373. The first kappa shape index (κ1) is 14.1. The van der Waals surface area contributed by atoms with Crippen LogP contribution in [-0.2, 0) is 4.79 Å². The first-order valence-corrected chi connectivity index (χ1v) is 4.14. The Labute approximate surface area is 75.2 Å². The van der Waals surface area contributed by atoms with E-state index in [1.54, 1.807) is 13.8 Å². The standard InChI is InChI=1S/C5H10O2.C4H11N/c1-5(2,3-6)4-7;1-4(2)5-3/h3,7H,4H2,1-2H3;4-5H,1-3H3. The van der Waals surface area contributed by atoms with E-state index in [1.165, 1.54) is 0 Å². The van der Waals surface area contributed by atoms with Crippen LogP contribution >= 0.6 is 0 Å². The Bertz CT molecular complexity index is 111. The Hall–Kier alpha value is -0.410. The van der Waals surface area contributed by atoms with Crippen LogP contribution in [-0.4, -0.2) is 31.1 Å². The summed E-state index contributed by atoms with van der Waals surface area (Å²) >= 11 is 0. The van der Waals surface area contributed by atoms with Gasteiger partial charge in [0.25, 0.3) is 0 Å². The summed E-state index contributed by atoms with van der Waals surface area (Å²) in [5.74, 6) is 0. The number of nitrogens with one attached hydrogen (secondary N) is 1. The number of aliphatic hydroxyl groups excluding tert-OH is 1. The lowest BCUT2D eigenvalue weighted by Crippen LogP contribution is -2.17. The maximum atomic E-state index is 9.90. The highest BCUT2D eigenvalue weighted by atomic mass is 16.3. The molecule has 0 aliphatic rings. The molecule has 0 heterocycles. The first-order chi connectivity index (χ1) is 5.39. The smallest absolute Gasteiger partial charge is 0.127 e. The van der Waals surface area contributed by atoms with Crippen molar-refractivity contribution in [2.75, 3.05) is 13.7 Å². The molecule has 3 heteroatoms. The van der Waals surface area contributed by atoms with E-state index in [1.807, 2.05) is 7.05 Å². The Morgan fingerprint density at radius 2 is 1.83 bits per heavy atom. The molecule has 0 rings (SSSR count). The zero-order valence-corrected chi connectivity index (χ0v) is 8.72. The number of hydrogen-bond acceptors (Lipinski definition) is 3. The molecule has 0 saturated heterocycles. The molecule has 0 aromatic rings. The Kier molecular flexibility index (Phi) is 8.54. The summed E-state index contributed by atoms with van der Waals surface area (Å²) in [6.07, 6.45) is 0.743. The van der Waals surface area contributed by atoms with Gasteiger partial charge in [-0.15, -0.1) is 0 Å². The molecule has 74 valence electrons. The number of hydrogen-bond donors (Lipinski definition) is 2. The van der Waals surface area contributed by atoms with Crippen LogP contribution in [0, 0.1) is 5.41 Å². The molecule has 0 saturated carbocycles. The molecule has 0 amide bonds. The predicted molar refractivity (Wildman–Crippen MR) is 51.1 cm³/mol. The van der Waals surface area contributed by atoms with Gasteiger partial charge in [-0.3, -0.25) is 0 Å². The summed E-state index contributed by atoms with van der Waals surface area (Å²) in [5, 5.41) is 11.4. The molecule has 0 atom stereocenters. The van der Waals surface area contributed by atoms with Crippen molar-refractivity contribution in [2.45, 2.75) is 33.7 Å². The SMILES string of the molecule is CC(C)(C=O)CO.CNC(C)C. The highest BCUT2D eigenvalue weighted by Gasteiger charge is 2.12. The average molecular weight is 175 g/mol. The number of aldehydes is 1. The molecule has 3 nitrogen and oxygen atoms in total. The van der Waals surface area contributed by atoms with Gasteiger partial charge < -0.3 is 15.2 Å². The molecule has 0 aliphatic heterocycles. The molecule has 0 fully saturated rings. The first-order valence-electron chi connectivity index (χ1n) is 4.14. The van der Waals surface area contributed by atoms with Crippen LogP contribution in [0.15, 0.2) is 0 Å². The fourth-order valence-corrected chi connectivity index (χ4v) is 0.0373. The minimum Gasteiger partial charge on any atom is -0.395 e. The molecule has 12 heavy (non-hydrogen) atoms. The van der Waals surface area contributed by atoms with Crippen LogP contribution in [0.1, 0.15) is 27.7 Å². The van der Waals surface area contributed by atoms with E-state index in [0.29, 0.717) is 6.04 Å². The van der Waals surface area contributed by atoms with Crippen LogP contribution in [0.5, 0.6) is 0 Å². The van der Waals surface area contributed by atoms with E-state index in [4.69, 9.17) is 5.11 Å². The van der Waals surface area contributed by atoms with Crippen molar-refractivity contribution in [1.82, 2.24) is 5.32 Å². The summed E-state index contributed by atoms with van der Waals surface area (Å²) in [6, 6.07) is 0.634. The Balaban J connectivity index is 0. The normalized spacial score (nSPS) is 10.6. The van der Waals surface area contributed by atoms with Crippen molar-refractivity contribution in [3.05, 3.63) is 0 Å². The van der Waals surface area contributed by atoms with E-state index < -0.39 is 5.41 Å². The van der Waals surface area contributed by atoms with E-state index in [2.05, 4.69) is 19.2 Å². The average Bonchev–Trinajstić information content (AvgIpc) is 2.05. The van der Waals surface area contributed by atoms with Crippen LogP contribution in [0.2, 0.25) is 0 Å². The molecule has 0 aromatic heterocycles. The molecule has 2 N–H and O–H groups in total. The lowest BCUT2D eigenvalue weighted by Gasteiger charge is -2.09. The van der Waals surface area contributed by atoms with Gasteiger partial charge in [0.1, 0.15) is 6.29 Å². The van der Waals surface area contributed by atoms with Crippen LogP contribution in [0.25, 0.3) is 0 Å². The van der Waals surface area contributed by atoms with Gasteiger partial charge in [0, 0.05) is 11.5 Å². The van der Waals surface area contributed by atoms with Crippen molar-refractivity contribution in [3.63, 3.8) is 0 Å². The van der Waals surface area contributed by atoms with Crippen molar-refractivity contribution in [1.29, 1.82) is 0 Å². The van der Waals surface area contributed by atoms with Crippen molar-refractivity contribution < 1.29 is 9.90 Å². The van der Waals surface area contributed by atoms with Gasteiger partial charge in [-0.05, 0) is 7.05 Å². The van der Waals surface area contributed by atoms with Gasteiger partial charge in [-0.2, -0.15) is 0 Å². The molecule has 0 radical (unpaired) electrons. The monoisotopic (exact) mass is 175 g/mol. The second kappa shape index (κ2) is 7.25. The second-order valence-electron chi connectivity index (χ2n) is 3.71. The van der Waals surface area contributed by atoms with Crippen LogP contribution < -0.4 is 5.32 Å². The molecular formula is C9H21NO2. The summed E-state index contributed by atoms with van der Waals surface area (Å²) in [7, 11) is 1.95. The zero-order valence-electron chi connectivity index (χ0n) is 8.72. The van der Waals surface area contributed by atoms with Gasteiger partial charge in [0.15, 0.2) is 0 Å². The number of carbonyl (C=O) groups is 1. The topological polar surface area (TPSA) is 49.3 Å². The van der Waals surface area contributed by atoms with E-state index in [0.717, 1.165) is 6.29 Å². The Morgan fingerprint density at radius 1 is 1.50 bits per heavy atom. The largest absolute Gasteiger partial charge is 0.395 e. The highest BCUT2D eigenvalue weighted by Crippen LogP contribution is 2.06. The van der Waals surface area contributed by atoms with Crippen molar-refractivity contribution >= 4 is 6.29 Å². The fraction of sp³-hybridized carbons (Fsp3) is 0.889. The molecule has 0 aromatic carbocycles. The maximum Gasteiger partial charge on any atom is 0.127 e. The third-order valence-corrected chi connectivity index (χ3v) is 1.30. The van der Waals surface area contributed by atoms with E-state index in [9.17, 15) is 4.79 Å². The van der Waals surface area contributed by atoms with E-state index in [-0.39, 0.29) is 6.61 Å². The third kappa shape index (κ3) is 12.3. The number of rotatable bonds is 3. The lowest BCUT2D eigenvalue weighted by molar-refractivity contribution is -0.116. The molecule has 0 spiro atoms. The summed E-state index contributed by atoms with van der Waals surface area (Å²) in [6.45, 7) is 7.51. The van der Waals surface area contributed by atoms with Gasteiger partial charge in [0.05, 0.1) is 6.61 Å². The summed E-state index contributed by atoms with van der Waals surface area (Å²) in [5.41, 5.74) is -0.542. The van der Waals surface area contributed by atoms with Crippen LogP contribution in [0.3, 0.4) is 0 Å².